The van der Waals surface area contributed by atoms with Crippen LogP contribution in [0.1, 0.15) is 38.7 Å². The van der Waals surface area contributed by atoms with Gasteiger partial charge in [0.15, 0.2) is 5.96 Å². The second-order valence-electron chi connectivity index (χ2n) is 6.60. The first kappa shape index (κ1) is 17.3. The standard InChI is InChI=1S/C18H28N4O/c1-13(2)9-17(23)22-16-6-4-5-15(10-16)12-21-18(19-3)20-11-14-7-8-14/h4-6,10,13-14H,7-9,11-12H2,1-3H3,(H,22,23)(H2,19,20,21). The molecule has 1 aliphatic carbocycles. The Kier molecular flexibility index (Phi) is 6.44. The van der Waals surface area contributed by atoms with Crippen molar-refractivity contribution in [1.29, 1.82) is 0 Å². The van der Waals surface area contributed by atoms with Crippen LogP contribution >= 0.6 is 0 Å². The summed E-state index contributed by atoms with van der Waals surface area (Å²) in [6.45, 7) is 5.75. The highest BCUT2D eigenvalue weighted by molar-refractivity contribution is 5.90. The van der Waals surface area contributed by atoms with E-state index >= 15 is 0 Å². The van der Waals surface area contributed by atoms with Gasteiger partial charge in [-0.3, -0.25) is 9.79 Å². The summed E-state index contributed by atoms with van der Waals surface area (Å²) in [7, 11) is 1.78. The van der Waals surface area contributed by atoms with Gasteiger partial charge in [0.05, 0.1) is 0 Å². The van der Waals surface area contributed by atoms with Gasteiger partial charge in [-0.25, -0.2) is 0 Å². The smallest absolute Gasteiger partial charge is 0.224 e. The minimum atomic E-state index is 0.0621. The average molecular weight is 316 g/mol. The van der Waals surface area contributed by atoms with Crippen molar-refractivity contribution in [1.82, 2.24) is 10.6 Å². The second kappa shape index (κ2) is 8.56. The summed E-state index contributed by atoms with van der Waals surface area (Å²) >= 11 is 0. The topological polar surface area (TPSA) is 65.5 Å². The van der Waals surface area contributed by atoms with Gasteiger partial charge in [0.25, 0.3) is 0 Å². The largest absolute Gasteiger partial charge is 0.356 e. The van der Waals surface area contributed by atoms with Gasteiger partial charge in [0.1, 0.15) is 0 Å². The van der Waals surface area contributed by atoms with E-state index in [1.807, 2.05) is 38.1 Å². The van der Waals surface area contributed by atoms with Crippen LogP contribution in [0.25, 0.3) is 0 Å². The van der Waals surface area contributed by atoms with E-state index in [-0.39, 0.29) is 5.91 Å². The zero-order chi connectivity index (χ0) is 16.7. The van der Waals surface area contributed by atoms with Crippen LogP contribution in [0.2, 0.25) is 0 Å². The molecular formula is C18H28N4O. The van der Waals surface area contributed by atoms with E-state index in [1.165, 1.54) is 12.8 Å². The Morgan fingerprint density at radius 3 is 2.74 bits per heavy atom. The zero-order valence-corrected chi connectivity index (χ0v) is 14.4. The number of aliphatic imine (C=N–C) groups is 1. The molecular weight excluding hydrogens is 288 g/mol. The molecule has 2 rings (SSSR count). The summed E-state index contributed by atoms with van der Waals surface area (Å²) in [6.07, 6.45) is 3.18. The highest BCUT2D eigenvalue weighted by Gasteiger charge is 2.20. The summed E-state index contributed by atoms with van der Waals surface area (Å²) in [5, 5.41) is 9.60. The van der Waals surface area contributed by atoms with Crippen LogP contribution in [0.15, 0.2) is 29.3 Å². The number of nitrogens with zero attached hydrogens (tertiary/aromatic N) is 1. The van der Waals surface area contributed by atoms with E-state index in [0.29, 0.717) is 18.9 Å². The molecule has 0 saturated heterocycles. The molecule has 0 atom stereocenters. The van der Waals surface area contributed by atoms with Crippen LogP contribution in [0.5, 0.6) is 0 Å². The fraction of sp³-hybridized carbons (Fsp3) is 0.556. The average Bonchev–Trinajstić information content (AvgIpc) is 3.31. The Bertz CT molecular complexity index is 550. The van der Waals surface area contributed by atoms with Crippen molar-refractivity contribution in [3.63, 3.8) is 0 Å². The van der Waals surface area contributed by atoms with Gasteiger partial charge in [-0.05, 0) is 42.4 Å². The van der Waals surface area contributed by atoms with Gasteiger partial charge in [-0.15, -0.1) is 0 Å². The van der Waals surface area contributed by atoms with Crippen molar-refractivity contribution in [2.24, 2.45) is 16.8 Å². The van der Waals surface area contributed by atoms with Crippen molar-refractivity contribution in [3.8, 4) is 0 Å². The fourth-order valence-corrected chi connectivity index (χ4v) is 2.31. The van der Waals surface area contributed by atoms with Gasteiger partial charge >= 0.3 is 0 Å². The van der Waals surface area contributed by atoms with Crippen molar-refractivity contribution in [2.75, 3.05) is 18.9 Å². The normalized spacial score (nSPS) is 14.7. The Labute approximate surface area is 139 Å². The van der Waals surface area contributed by atoms with Crippen molar-refractivity contribution >= 4 is 17.6 Å². The highest BCUT2D eigenvalue weighted by atomic mass is 16.1. The Morgan fingerprint density at radius 2 is 2.09 bits per heavy atom. The molecule has 3 N–H and O–H groups in total. The molecule has 1 saturated carbocycles. The zero-order valence-electron chi connectivity index (χ0n) is 14.4. The lowest BCUT2D eigenvalue weighted by Crippen LogP contribution is -2.37. The lowest BCUT2D eigenvalue weighted by atomic mass is 10.1. The first-order valence-electron chi connectivity index (χ1n) is 8.40. The molecule has 1 aromatic rings. The van der Waals surface area contributed by atoms with Gasteiger partial charge < -0.3 is 16.0 Å². The molecule has 5 heteroatoms. The van der Waals surface area contributed by atoms with Crippen LogP contribution in [-0.2, 0) is 11.3 Å². The third kappa shape index (κ3) is 6.72. The Balaban J connectivity index is 1.82. The predicted molar refractivity (Wildman–Crippen MR) is 95.5 cm³/mol. The van der Waals surface area contributed by atoms with Crippen LogP contribution < -0.4 is 16.0 Å². The molecule has 0 radical (unpaired) electrons. The van der Waals surface area contributed by atoms with Crippen LogP contribution in [0.4, 0.5) is 5.69 Å². The second-order valence-corrected chi connectivity index (χ2v) is 6.60. The van der Waals surface area contributed by atoms with Crippen LogP contribution in [-0.4, -0.2) is 25.5 Å². The maximum Gasteiger partial charge on any atom is 0.224 e. The number of amides is 1. The van der Waals surface area contributed by atoms with Crippen molar-refractivity contribution in [2.45, 2.75) is 39.7 Å². The van der Waals surface area contributed by atoms with E-state index in [4.69, 9.17) is 0 Å². The number of carbonyl (C=O) groups is 1. The number of rotatable bonds is 7. The number of hydrogen-bond donors (Lipinski definition) is 3. The lowest BCUT2D eigenvalue weighted by molar-refractivity contribution is -0.116. The molecule has 0 unspecified atom stereocenters. The van der Waals surface area contributed by atoms with Gasteiger partial charge in [0, 0.05) is 32.2 Å². The molecule has 1 fully saturated rings. The summed E-state index contributed by atoms with van der Waals surface area (Å²) in [4.78, 5) is 16.1. The first-order valence-corrected chi connectivity index (χ1v) is 8.40. The van der Waals surface area contributed by atoms with Crippen LogP contribution in [0, 0.1) is 11.8 Å². The van der Waals surface area contributed by atoms with E-state index < -0.39 is 0 Å². The van der Waals surface area contributed by atoms with Crippen molar-refractivity contribution in [3.05, 3.63) is 29.8 Å². The van der Waals surface area contributed by atoms with Crippen LogP contribution in [0.3, 0.4) is 0 Å². The van der Waals surface area contributed by atoms with E-state index in [2.05, 4.69) is 20.9 Å². The number of anilines is 1. The predicted octanol–water partition coefficient (Wildman–Crippen LogP) is 2.75. The minimum Gasteiger partial charge on any atom is -0.356 e. The number of hydrogen-bond acceptors (Lipinski definition) is 2. The highest BCUT2D eigenvalue weighted by Crippen LogP contribution is 2.27. The lowest BCUT2D eigenvalue weighted by Gasteiger charge is -2.12. The van der Waals surface area contributed by atoms with Crippen molar-refractivity contribution < 1.29 is 4.79 Å². The monoisotopic (exact) mass is 316 g/mol. The number of guanidine groups is 1. The number of nitrogens with one attached hydrogen (secondary N) is 3. The molecule has 1 aromatic carbocycles. The fourth-order valence-electron chi connectivity index (χ4n) is 2.31. The maximum absolute atomic E-state index is 11.8. The number of benzene rings is 1. The molecule has 0 aliphatic heterocycles. The molecule has 5 nitrogen and oxygen atoms in total. The Hall–Kier alpha value is -2.04. The van der Waals surface area contributed by atoms with Gasteiger partial charge in [-0.2, -0.15) is 0 Å². The summed E-state index contributed by atoms with van der Waals surface area (Å²) in [5.41, 5.74) is 1.96. The van der Waals surface area contributed by atoms with E-state index in [0.717, 1.165) is 29.7 Å². The van der Waals surface area contributed by atoms with Gasteiger partial charge in [-0.1, -0.05) is 26.0 Å². The maximum atomic E-state index is 11.8. The molecule has 0 bridgehead atoms. The van der Waals surface area contributed by atoms with Gasteiger partial charge in [0.2, 0.25) is 5.91 Å². The Morgan fingerprint density at radius 1 is 1.30 bits per heavy atom. The minimum absolute atomic E-state index is 0.0621. The summed E-state index contributed by atoms with van der Waals surface area (Å²) in [5.74, 6) is 2.06. The number of carbonyl (C=O) groups excluding carboxylic acids is 1. The molecule has 126 valence electrons. The quantitative estimate of drug-likeness (QED) is 0.535. The molecule has 1 amide bonds. The molecule has 0 spiro atoms. The molecule has 1 aliphatic rings. The van der Waals surface area contributed by atoms with E-state index in [1.54, 1.807) is 7.05 Å². The summed E-state index contributed by atoms with van der Waals surface area (Å²) in [6, 6.07) is 7.92. The summed E-state index contributed by atoms with van der Waals surface area (Å²) < 4.78 is 0. The molecule has 23 heavy (non-hydrogen) atoms. The van der Waals surface area contributed by atoms with E-state index in [9.17, 15) is 4.79 Å². The SMILES string of the molecule is CN=C(NCc1cccc(NC(=O)CC(C)C)c1)NCC1CC1. The molecule has 0 heterocycles. The molecule has 0 aromatic heterocycles. The third-order valence-electron chi connectivity index (χ3n) is 3.74. The first-order chi connectivity index (χ1) is 11.1. The third-order valence-corrected chi connectivity index (χ3v) is 3.74.